The number of carbonyl (C=O) groups is 1. The summed E-state index contributed by atoms with van der Waals surface area (Å²) in [7, 11) is -2.22. The predicted octanol–water partition coefficient (Wildman–Crippen LogP) is 3.33. The first kappa shape index (κ1) is 21.9. The molecule has 0 unspecified atom stereocenters. The van der Waals surface area contributed by atoms with Crippen molar-refractivity contribution in [3.8, 4) is 5.75 Å². The zero-order chi connectivity index (χ0) is 20.7. The molecular formula is C21H28N2O4S. The van der Waals surface area contributed by atoms with Crippen molar-refractivity contribution in [2.24, 2.45) is 0 Å². The number of rotatable bonds is 9. The Morgan fingerprint density at radius 3 is 2.21 bits per heavy atom. The molecule has 2 aromatic rings. The predicted molar refractivity (Wildman–Crippen MR) is 110 cm³/mol. The van der Waals surface area contributed by atoms with Crippen LogP contribution in [0.2, 0.25) is 0 Å². The monoisotopic (exact) mass is 404 g/mol. The van der Waals surface area contributed by atoms with E-state index in [1.807, 2.05) is 20.8 Å². The molecule has 2 atom stereocenters. The highest BCUT2D eigenvalue weighted by atomic mass is 32.2. The fraction of sp³-hybridized carbons (Fsp3) is 0.381. The summed E-state index contributed by atoms with van der Waals surface area (Å²) in [6, 6.07) is 12.9. The van der Waals surface area contributed by atoms with Crippen LogP contribution in [-0.4, -0.2) is 27.5 Å². The van der Waals surface area contributed by atoms with Crippen LogP contribution in [0.3, 0.4) is 0 Å². The van der Waals surface area contributed by atoms with Gasteiger partial charge in [-0.25, -0.2) is 13.1 Å². The molecule has 0 bridgehead atoms. The van der Waals surface area contributed by atoms with Crippen molar-refractivity contribution < 1.29 is 17.9 Å². The zero-order valence-electron chi connectivity index (χ0n) is 16.7. The van der Waals surface area contributed by atoms with E-state index in [1.54, 1.807) is 55.6 Å². The number of ether oxygens (including phenoxy) is 1. The Hall–Kier alpha value is -2.38. The number of hydrogen-bond acceptors (Lipinski definition) is 4. The van der Waals surface area contributed by atoms with Crippen LogP contribution in [-0.2, 0) is 14.8 Å². The van der Waals surface area contributed by atoms with Crippen molar-refractivity contribution in [3.05, 3.63) is 59.7 Å². The van der Waals surface area contributed by atoms with Gasteiger partial charge in [0.15, 0.2) is 0 Å². The highest BCUT2D eigenvalue weighted by Crippen LogP contribution is 2.23. The van der Waals surface area contributed by atoms with E-state index >= 15 is 0 Å². The molecule has 0 aliphatic carbocycles. The third kappa shape index (κ3) is 6.07. The number of benzene rings is 2. The van der Waals surface area contributed by atoms with Gasteiger partial charge >= 0.3 is 0 Å². The van der Waals surface area contributed by atoms with E-state index in [1.165, 1.54) is 0 Å². The maximum atomic E-state index is 12.8. The van der Waals surface area contributed by atoms with Crippen molar-refractivity contribution >= 4 is 15.9 Å². The molecular weight excluding hydrogens is 376 g/mol. The Morgan fingerprint density at radius 2 is 1.68 bits per heavy atom. The number of carbonyl (C=O) groups excluding carboxylic acids is 1. The molecule has 152 valence electrons. The largest absolute Gasteiger partial charge is 0.497 e. The van der Waals surface area contributed by atoms with Crippen molar-refractivity contribution in [1.29, 1.82) is 0 Å². The van der Waals surface area contributed by atoms with E-state index in [2.05, 4.69) is 10.0 Å². The smallest absolute Gasteiger partial charge is 0.241 e. The molecule has 2 N–H and O–H groups in total. The molecule has 0 saturated heterocycles. The average molecular weight is 405 g/mol. The van der Waals surface area contributed by atoms with Gasteiger partial charge in [-0.05, 0) is 50.1 Å². The molecule has 0 aliphatic heterocycles. The van der Waals surface area contributed by atoms with Crippen LogP contribution in [0.4, 0.5) is 0 Å². The Bertz CT molecular complexity index is 878. The second-order valence-electron chi connectivity index (χ2n) is 6.84. The maximum absolute atomic E-state index is 12.8. The number of aryl methyl sites for hydroxylation is 1. The maximum Gasteiger partial charge on any atom is 0.241 e. The summed E-state index contributed by atoms with van der Waals surface area (Å²) in [4.78, 5) is 12.6. The minimum atomic E-state index is -3.78. The number of methoxy groups -OCH3 is 1. The molecule has 0 radical (unpaired) electrons. The first-order chi connectivity index (χ1) is 13.2. The molecule has 0 aliphatic rings. The topological polar surface area (TPSA) is 84.5 Å². The molecule has 6 nitrogen and oxygen atoms in total. The van der Waals surface area contributed by atoms with Crippen LogP contribution in [0, 0.1) is 6.92 Å². The lowest BCUT2D eigenvalue weighted by Crippen LogP contribution is -2.37. The molecule has 0 spiro atoms. The fourth-order valence-corrected chi connectivity index (χ4v) is 3.88. The number of hydrogen-bond donors (Lipinski definition) is 2. The van der Waals surface area contributed by atoms with Crippen molar-refractivity contribution in [2.45, 2.75) is 50.6 Å². The fourth-order valence-electron chi connectivity index (χ4n) is 2.66. The average Bonchev–Trinajstić information content (AvgIpc) is 2.67. The summed E-state index contributed by atoms with van der Waals surface area (Å²) in [6.07, 6.45) is 0.801. The van der Waals surface area contributed by atoms with E-state index in [9.17, 15) is 13.2 Å². The van der Waals surface area contributed by atoms with Crippen molar-refractivity contribution in [3.63, 3.8) is 0 Å². The molecule has 0 fully saturated rings. The van der Waals surface area contributed by atoms with Gasteiger partial charge in [-0.15, -0.1) is 0 Å². The SMILES string of the molecule is CC[C@@H](C)NC(=O)C[C@H](NS(=O)(=O)c1ccc(C)cc1)c1ccc(OC)cc1. The summed E-state index contributed by atoms with van der Waals surface area (Å²) in [5, 5.41) is 2.89. The summed E-state index contributed by atoms with van der Waals surface area (Å²) < 4.78 is 33.5. The first-order valence-electron chi connectivity index (χ1n) is 9.27. The van der Waals surface area contributed by atoms with E-state index in [0.29, 0.717) is 11.3 Å². The number of amides is 1. The lowest BCUT2D eigenvalue weighted by atomic mass is 10.0. The van der Waals surface area contributed by atoms with Gasteiger partial charge < -0.3 is 10.1 Å². The van der Waals surface area contributed by atoms with Gasteiger partial charge in [0.25, 0.3) is 0 Å². The first-order valence-corrected chi connectivity index (χ1v) is 10.8. The quantitative estimate of drug-likeness (QED) is 0.671. The Morgan fingerprint density at radius 1 is 1.07 bits per heavy atom. The summed E-state index contributed by atoms with van der Waals surface area (Å²) in [6.45, 7) is 5.78. The van der Waals surface area contributed by atoms with Crippen molar-refractivity contribution in [2.75, 3.05) is 7.11 Å². The molecule has 0 aromatic heterocycles. The molecule has 0 heterocycles. The Balaban J connectivity index is 2.28. The van der Waals surface area contributed by atoms with Gasteiger partial charge in [0.2, 0.25) is 15.9 Å². The summed E-state index contributed by atoms with van der Waals surface area (Å²) in [5.74, 6) is 0.453. The van der Waals surface area contributed by atoms with Crippen LogP contribution >= 0.6 is 0 Å². The molecule has 0 saturated carbocycles. The van der Waals surface area contributed by atoms with Gasteiger partial charge in [0.05, 0.1) is 18.0 Å². The van der Waals surface area contributed by atoms with Crippen LogP contribution in [0.5, 0.6) is 5.75 Å². The van der Waals surface area contributed by atoms with Gasteiger partial charge in [-0.2, -0.15) is 0 Å². The Labute approximate surface area is 167 Å². The van der Waals surface area contributed by atoms with Gasteiger partial charge in [0.1, 0.15) is 5.75 Å². The van der Waals surface area contributed by atoms with Crippen LogP contribution < -0.4 is 14.8 Å². The summed E-state index contributed by atoms with van der Waals surface area (Å²) >= 11 is 0. The Kier molecular flexibility index (Phi) is 7.60. The molecule has 2 aromatic carbocycles. The number of nitrogens with one attached hydrogen (secondary N) is 2. The van der Waals surface area contributed by atoms with Crippen LogP contribution in [0.1, 0.15) is 43.9 Å². The molecule has 1 amide bonds. The highest BCUT2D eigenvalue weighted by molar-refractivity contribution is 7.89. The standard InChI is InChI=1S/C21H28N2O4S/c1-5-16(3)22-21(24)14-20(17-8-10-18(27-4)11-9-17)23-28(25,26)19-12-6-15(2)7-13-19/h6-13,16,20,23H,5,14H2,1-4H3,(H,22,24)/t16-,20+/m1/s1. The summed E-state index contributed by atoms with van der Waals surface area (Å²) in [5.41, 5.74) is 1.66. The van der Waals surface area contributed by atoms with E-state index in [4.69, 9.17) is 4.74 Å². The minimum Gasteiger partial charge on any atom is -0.497 e. The lowest BCUT2D eigenvalue weighted by Gasteiger charge is -2.21. The van der Waals surface area contributed by atoms with Crippen molar-refractivity contribution in [1.82, 2.24) is 10.0 Å². The minimum absolute atomic E-state index is 0.00175. The second kappa shape index (κ2) is 9.71. The molecule has 7 heteroatoms. The third-order valence-electron chi connectivity index (χ3n) is 4.56. The molecule has 28 heavy (non-hydrogen) atoms. The van der Waals surface area contributed by atoms with E-state index in [0.717, 1.165) is 12.0 Å². The lowest BCUT2D eigenvalue weighted by molar-refractivity contribution is -0.122. The van der Waals surface area contributed by atoms with Gasteiger partial charge in [-0.1, -0.05) is 36.8 Å². The van der Waals surface area contributed by atoms with E-state index in [-0.39, 0.29) is 23.3 Å². The normalized spacial score (nSPS) is 13.6. The van der Waals surface area contributed by atoms with Gasteiger partial charge in [-0.3, -0.25) is 4.79 Å². The zero-order valence-corrected chi connectivity index (χ0v) is 17.5. The third-order valence-corrected chi connectivity index (χ3v) is 6.04. The number of sulfonamides is 1. The second-order valence-corrected chi connectivity index (χ2v) is 8.56. The van der Waals surface area contributed by atoms with Crippen LogP contribution in [0.25, 0.3) is 0 Å². The van der Waals surface area contributed by atoms with E-state index < -0.39 is 16.1 Å². The highest BCUT2D eigenvalue weighted by Gasteiger charge is 2.24. The van der Waals surface area contributed by atoms with Gasteiger partial charge in [0, 0.05) is 12.5 Å². The van der Waals surface area contributed by atoms with Crippen LogP contribution in [0.15, 0.2) is 53.4 Å². The molecule has 2 rings (SSSR count).